The van der Waals surface area contributed by atoms with Gasteiger partial charge in [-0.05, 0) is 23.6 Å². The second-order valence-corrected chi connectivity index (χ2v) is 5.92. The van der Waals surface area contributed by atoms with Crippen LogP contribution in [-0.4, -0.2) is 20.7 Å². The van der Waals surface area contributed by atoms with Gasteiger partial charge in [-0.3, -0.25) is 0 Å². The van der Waals surface area contributed by atoms with Crippen LogP contribution in [0, 0.1) is 0 Å². The highest BCUT2D eigenvalue weighted by Crippen LogP contribution is 2.22. The minimum absolute atomic E-state index is 0.0262. The highest BCUT2D eigenvalue weighted by atomic mass is 32.1. The number of hydrogen-bond acceptors (Lipinski definition) is 6. The van der Waals surface area contributed by atoms with Gasteiger partial charge in [0.2, 0.25) is 0 Å². The van der Waals surface area contributed by atoms with E-state index in [2.05, 4.69) is 10.1 Å². The molecule has 0 radical (unpaired) electrons. The number of thiophene rings is 1. The molecule has 0 unspecified atom stereocenters. The first-order valence-electron chi connectivity index (χ1n) is 6.85. The van der Waals surface area contributed by atoms with Crippen molar-refractivity contribution < 1.29 is 14.1 Å². The van der Waals surface area contributed by atoms with E-state index < -0.39 is 5.97 Å². The van der Waals surface area contributed by atoms with Crippen LogP contribution in [0.3, 0.4) is 0 Å². The zero-order chi connectivity index (χ0) is 15.5. The maximum atomic E-state index is 12.2. The monoisotopic (exact) mass is 317 g/mol. The predicted molar refractivity (Wildman–Crippen MR) is 81.2 cm³/mol. The maximum absolute atomic E-state index is 12.2. The van der Waals surface area contributed by atoms with E-state index in [1.54, 1.807) is 0 Å². The van der Waals surface area contributed by atoms with E-state index in [0.717, 1.165) is 5.69 Å². The van der Waals surface area contributed by atoms with Crippen LogP contribution < -0.4 is 0 Å². The van der Waals surface area contributed by atoms with Crippen molar-refractivity contribution in [1.29, 1.82) is 0 Å². The Balaban J connectivity index is 1.69. The van der Waals surface area contributed by atoms with Gasteiger partial charge in [-0.2, -0.15) is 4.98 Å². The average molecular weight is 317 g/mol. The van der Waals surface area contributed by atoms with Crippen molar-refractivity contribution in [2.75, 3.05) is 0 Å². The van der Waals surface area contributed by atoms with Crippen LogP contribution in [0.2, 0.25) is 0 Å². The molecule has 6 nitrogen and oxygen atoms in total. The second-order valence-electron chi connectivity index (χ2n) is 5.00. The Hall–Kier alpha value is -2.41. The molecule has 0 aliphatic rings. The Bertz CT molecular complexity index is 759. The number of carbonyl (C=O) groups is 1. The molecule has 0 aliphatic carbocycles. The van der Waals surface area contributed by atoms with Crippen molar-refractivity contribution in [1.82, 2.24) is 14.7 Å². The Morgan fingerprint density at radius 1 is 1.41 bits per heavy atom. The van der Waals surface area contributed by atoms with E-state index in [0.29, 0.717) is 16.6 Å². The van der Waals surface area contributed by atoms with Crippen molar-refractivity contribution in [2.45, 2.75) is 26.4 Å². The van der Waals surface area contributed by atoms with Gasteiger partial charge in [-0.1, -0.05) is 19.0 Å². The lowest BCUT2D eigenvalue weighted by molar-refractivity contribution is 0.0435. The first-order valence-corrected chi connectivity index (χ1v) is 7.73. The molecule has 7 heteroatoms. The summed E-state index contributed by atoms with van der Waals surface area (Å²) in [5, 5.41) is 5.69. The Morgan fingerprint density at radius 2 is 2.18 bits per heavy atom. The average Bonchev–Trinajstić information content (AvgIpc) is 3.23. The minimum Gasteiger partial charge on any atom is -0.451 e. The van der Waals surface area contributed by atoms with Crippen molar-refractivity contribution in [3.8, 4) is 5.69 Å². The SMILES string of the molecule is CC(C)c1noc(COC(=O)c2sccc2-n2cccc2)n1. The highest BCUT2D eigenvalue weighted by molar-refractivity contribution is 7.12. The van der Waals surface area contributed by atoms with Crippen LogP contribution in [-0.2, 0) is 11.3 Å². The molecule has 22 heavy (non-hydrogen) atoms. The van der Waals surface area contributed by atoms with Crippen LogP contribution in [0.5, 0.6) is 0 Å². The third-order valence-electron chi connectivity index (χ3n) is 3.04. The van der Waals surface area contributed by atoms with Gasteiger partial charge in [-0.15, -0.1) is 11.3 Å². The van der Waals surface area contributed by atoms with E-state index in [4.69, 9.17) is 9.26 Å². The molecule has 0 spiro atoms. The number of nitrogens with zero attached hydrogens (tertiary/aromatic N) is 3. The van der Waals surface area contributed by atoms with Gasteiger partial charge in [0.15, 0.2) is 12.4 Å². The molecule has 3 heterocycles. The summed E-state index contributed by atoms with van der Waals surface area (Å²) >= 11 is 1.34. The Morgan fingerprint density at radius 3 is 2.86 bits per heavy atom. The number of hydrogen-bond donors (Lipinski definition) is 0. The fourth-order valence-electron chi connectivity index (χ4n) is 1.91. The summed E-state index contributed by atoms with van der Waals surface area (Å²) in [5.74, 6) is 0.681. The zero-order valence-electron chi connectivity index (χ0n) is 12.2. The zero-order valence-corrected chi connectivity index (χ0v) is 13.0. The summed E-state index contributed by atoms with van der Waals surface area (Å²) in [5.41, 5.74) is 0.799. The smallest absolute Gasteiger partial charge is 0.350 e. The summed E-state index contributed by atoms with van der Waals surface area (Å²) in [6, 6.07) is 5.68. The fourth-order valence-corrected chi connectivity index (χ4v) is 2.69. The summed E-state index contributed by atoms with van der Waals surface area (Å²) < 4.78 is 12.2. The minimum atomic E-state index is -0.400. The highest BCUT2D eigenvalue weighted by Gasteiger charge is 2.17. The molecular formula is C15H15N3O3S. The van der Waals surface area contributed by atoms with E-state index in [-0.39, 0.29) is 12.5 Å². The van der Waals surface area contributed by atoms with Gasteiger partial charge >= 0.3 is 5.97 Å². The van der Waals surface area contributed by atoms with Gasteiger partial charge in [0.1, 0.15) is 4.88 Å². The normalized spacial score (nSPS) is 11.0. The molecule has 0 amide bonds. The van der Waals surface area contributed by atoms with Gasteiger partial charge in [-0.25, -0.2) is 4.79 Å². The van der Waals surface area contributed by atoms with Gasteiger partial charge in [0.25, 0.3) is 5.89 Å². The molecule has 0 bridgehead atoms. The first-order chi connectivity index (χ1) is 10.6. The summed E-state index contributed by atoms with van der Waals surface area (Å²) in [4.78, 5) is 16.9. The van der Waals surface area contributed by atoms with Crippen LogP contribution in [0.4, 0.5) is 0 Å². The van der Waals surface area contributed by atoms with E-state index in [1.807, 2.05) is 54.4 Å². The third kappa shape index (κ3) is 2.94. The second kappa shape index (κ2) is 6.15. The van der Waals surface area contributed by atoms with Crippen molar-refractivity contribution >= 4 is 17.3 Å². The van der Waals surface area contributed by atoms with Crippen LogP contribution in [0.15, 0.2) is 40.5 Å². The summed E-state index contributed by atoms with van der Waals surface area (Å²) in [6.45, 7) is 3.91. The van der Waals surface area contributed by atoms with Crippen LogP contribution in [0.1, 0.15) is 41.2 Å². The van der Waals surface area contributed by atoms with E-state index >= 15 is 0 Å². The predicted octanol–water partition coefficient (Wildman–Crippen LogP) is 3.40. The number of carbonyl (C=O) groups excluding carboxylic acids is 1. The lowest BCUT2D eigenvalue weighted by atomic mass is 10.2. The molecule has 114 valence electrons. The molecule has 3 rings (SSSR count). The Kier molecular flexibility index (Phi) is 4.06. The largest absolute Gasteiger partial charge is 0.451 e. The van der Waals surface area contributed by atoms with Gasteiger partial charge in [0.05, 0.1) is 5.69 Å². The molecule has 3 aromatic rings. The van der Waals surface area contributed by atoms with E-state index in [1.165, 1.54) is 11.3 Å². The first kappa shape index (κ1) is 14.5. The quantitative estimate of drug-likeness (QED) is 0.674. The topological polar surface area (TPSA) is 70.2 Å². The van der Waals surface area contributed by atoms with Crippen molar-refractivity contribution in [3.63, 3.8) is 0 Å². The van der Waals surface area contributed by atoms with Gasteiger partial charge in [0, 0.05) is 18.3 Å². The number of ether oxygens (including phenoxy) is 1. The third-order valence-corrected chi connectivity index (χ3v) is 3.92. The molecular weight excluding hydrogens is 302 g/mol. The van der Waals surface area contributed by atoms with Crippen LogP contribution >= 0.6 is 11.3 Å². The summed E-state index contributed by atoms with van der Waals surface area (Å²) in [6.07, 6.45) is 3.76. The van der Waals surface area contributed by atoms with E-state index in [9.17, 15) is 4.79 Å². The van der Waals surface area contributed by atoms with Crippen molar-refractivity contribution in [2.24, 2.45) is 0 Å². The molecule has 3 aromatic heterocycles. The maximum Gasteiger partial charge on any atom is 0.350 e. The molecule has 0 atom stereocenters. The Labute approximate surface area is 131 Å². The lowest BCUT2D eigenvalue weighted by Gasteiger charge is -2.04. The molecule has 0 N–H and O–H groups in total. The number of aromatic nitrogens is 3. The number of esters is 1. The molecule has 0 saturated heterocycles. The van der Waals surface area contributed by atoms with Crippen LogP contribution in [0.25, 0.3) is 5.69 Å². The lowest BCUT2D eigenvalue weighted by Crippen LogP contribution is -2.06. The number of rotatable bonds is 5. The fraction of sp³-hybridized carbons (Fsp3) is 0.267. The standard InChI is InChI=1S/C15H15N3O3S/c1-10(2)14-16-12(21-17-14)9-20-15(19)13-11(5-8-22-13)18-6-3-4-7-18/h3-8,10H,9H2,1-2H3. The van der Waals surface area contributed by atoms with Gasteiger partial charge < -0.3 is 13.8 Å². The summed E-state index contributed by atoms with van der Waals surface area (Å²) in [7, 11) is 0. The molecule has 0 aromatic carbocycles. The molecule has 0 aliphatic heterocycles. The molecule has 0 saturated carbocycles. The molecule has 0 fully saturated rings. The van der Waals surface area contributed by atoms with Crippen molar-refractivity contribution in [3.05, 3.63) is 52.6 Å².